The van der Waals surface area contributed by atoms with E-state index in [0.717, 1.165) is 11.1 Å². The van der Waals surface area contributed by atoms with E-state index in [0.29, 0.717) is 38.6 Å². The summed E-state index contributed by atoms with van der Waals surface area (Å²) in [5.41, 5.74) is 13.6. The third-order valence-corrected chi connectivity index (χ3v) is 9.83. The number of nitrogens with two attached hydrogens (primary N) is 2. The molecule has 0 aliphatic carbocycles. The summed E-state index contributed by atoms with van der Waals surface area (Å²) in [6, 6.07) is 14.9. The Kier molecular flexibility index (Phi) is 14.8. The number of carbonyl (C=O) groups is 4. The number of hydrogen-bond acceptors (Lipinski definition) is 8. The zero-order valence-corrected chi connectivity index (χ0v) is 28.3. The van der Waals surface area contributed by atoms with Gasteiger partial charge >= 0.3 is 0 Å². The molecule has 2 aromatic carbocycles. The molecule has 2 aromatic rings. The predicted octanol–water partition coefficient (Wildman–Crippen LogP) is 1.32. The summed E-state index contributed by atoms with van der Waals surface area (Å²) in [4.78, 5) is 55.8. The molecule has 12 nitrogen and oxygen atoms in total. The Morgan fingerprint density at radius 1 is 0.787 bits per heavy atom. The number of carbonyl (C=O) groups excluding carboxylic acids is 4. The van der Waals surface area contributed by atoms with Gasteiger partial charge in [-0.15, -0.1) is 0 Å². The van der Waals surface area contributed by atoms with Crippen molar-refractivity contribution in [2.75, 3.05) is 31.1 Å². The molecule has 47 heavy (non-hydrogen) atoms. The molecule has 4 amide bonds. The number of rotatable bonds is 17. The summed E-state index contributed by atoms with van der Waals surface area (Å²) in [6.45, 7) is 4.66. The average molecular weight is 670 g/mol. The van der Waals surface area contributed by atoms with Crippen molar-refractivity contribution >= 4 is 33.4 Å². The topological polar surface area (TPSA) is 201 Å². The number of benzene rings is 2. The molecule has 1 aliphatic heterocycles. The number of amides is 4. The Balaban J connectivity index is 1.77. The minimum absolute atomic E-state index is 0.0196. The number of nitrogens with one attached hydrogen (secondary N) is 4. The van der Waals surface area contributed by atoms with E-state index >= 15 is 0 Å². The summed E-state index contributed by atoms with van der Waals surface area (Å²) in [7, 11) is -2.70. The van der Waals surface area contributed by atoms with Gasteiger partial charge in [-0.05, 0) is 55.7 Å². The van der Waals surface area contributed by atoms with E-state index in [2.05, 4.69) is 16.0 Å². The van der Waals surface area contributed by atoms with Gasteiger partial charge in [0.2, 0.25) is 23.6 Å². The highest BCUT2D eigenvalue weighted by Crippen LogP contribution is 2.13. The van der Waals surface area contributed by atoms with Crippen molar-refractivity contribution < 1.29 is 23.4 Å². The lowest BCUT2D eigenvalue weighted by atomic mass is 9.99. The molecular weight excluding hydrogens is 618 g/mol. The third-order valence-electron chi connectivity index (χ3n) is 8.15. The normalized spacial score (nSPS) is 16.8. The molecule has 0 saturated carbocycles. The molecule has 258 valence electrons. The molecular formula is C34H51N7O5S. The Bertz CT molecular complexity index is 1410. The van der Waals surface area contributed by atoms with Crippen molar-refractivity contribution in [3.8, 4) is 0 Å². The molecule has 0 radical (unpaired) electrons. The number of nitrogens with zero attached hydrogens (tertiary/aromatic N) is 1. The van der Waals surface area contributed by atoms with E-state index in [-0.39, 0.29) is 42.8 Å². The van der Waals surface area contributed by atoms with Gasteiger partial charge in [0.25, 0.3) is 0 Å². The van der Waals surface area contributed by atoms with Crippen molar-refractivity contribution in [3.63, 3.8) is 0 Å². The second-order valence-electron chi connectivity index (χ2n) is 12.6. The van der Waals surface area contributed by atoms with Crippen molar-refractivity contribution in [3.05, 3.63) is 71.8 Å². The molecule has 1 aliphatic rings. The largest absolute Gasteiger partial charge is 0.343 e. The zero-order chi connectivity index (χ0) is 34.4. The van der Waals surface area contributed by atoms with Crippen molar-refractivity contribution in [1.29, 1.82) is 4.78 Å². The molecule has 1 saturated heterocycles. The quantitative estimate of drug-likeness (QED) is 0.136. The van der Waals surface area contributed by atoms with Gasteiger partial charge in [0.15, 0.2) is 0 Å². The fourth-order valence-corrected chi connectivity index (χ4v) is 6.70. The first-order valence-corrected chi connectivity index (χ1v) is 18.3. The predicted molar refractivity (Wildman–Crippen MR) is 184 cm³/mol. The molecule has 1 heterocycles. The highest BCUT2D eigenvalue weighted by molar-refractivity contribution is 7.92. The van der Waals surface area contributed by atoms with Crippen molar-refractivity contribution in [2.24, 2.45) is 17.4 Å². The highest BCUT2D eigenvalue weighted by atomic mass is 32.2. The number of unbranched alkanes of at least 4 members (excludes halogenated alkanes) is 1. The van der Waals surface area contributed by atoms with Crippen LogP contribution in [-0.2, 0) is 41.7 Å². The van der Waals surface area contributed by atoms with Gasteiger partial charge in [0, 0.05) is 40.7 Å². The van der Waals surface area contributed by atoms with Crippen LogP contribution in [0.15, 0.2) is 60.7 Å². The molecule has 0 spiro atoms. The van der Waals surface area contributed by atoms with Gasteiger partial charge in [0.05, 0.1) is 6.04 Å². The van der Waals surface area contributed by atoms with Crippen LogP contribution in [0.5, 0.6) is 0 Å². The Morgan fingerprint density at radius 3 is 1.85 bits per heavy atom. The molecule has 0 unspecified atom stereocenters. The fourth-order valence-electron chi connectivity index (χ4n) is 5.47. The first-order valence-electron chi connectivity index (χ1n) is 16.4. The Hall–Kier alpha value is -3.81. The fraction of sp³-hybridized carbons (Fsp3) is 0.529. The summed E-state index contributed by atoms with van der Waals surface area (Å²) in [5, 5.41) is 8.53. The van der Waals surface area contributed by atoms with E-state index in [4.69, 9.17) is 16.2 Å². The summed E-state index contributed by atoms with van der Waals surface area (Å²) < 4.78 is 20.0. The minimum Gasteiger partial charge on any atom is -0.343 e. The maximum absolute atomic E-state index is 13.8. The summed E-state index contributed by atoms with van der Waals surface area (Å²) >= 11 is 0. The highest BCUT2D eigenvalue weighted by Gasteiger charge is 2.33. The van der Waals surface area contributed by atoms with Crippen LogP contribution in [0.1, 0.15) is 50.7 Å². The van der Waals surface area contributed by atoms with E-state index in [1.807, 2.05) is 74.5 Å². The standard InChI is InChI=1S/C34H51N7O5S/c1-24(2)21-29(32(43)38-28(15-9-10-16-35)34(45)41-17-19-47(37,46)20-18-41)40-33(44)30(23-26-13-7-4-8-14-26)39-31(42)27(36)22-25-11-5-3-6-12-25/h3-8,11-14,24,27-30,37H,9-10,15-23,35-36H2,1-2H3,(H,38,43)(H,39,42)(H,40,44)/t27-,28-,29-,30-/m1/s1. The van der Waals surface area contributed by atoms with Crippen LogP contribution in [-0.4, -0.2) is 88.0 Å². The molecule has 1 fully saturated rings. The lowest BCUT2D eigenvalue weighted by Gasteiger charge is -2.32. The molecule has 0 bridgehead atoms. The van der Waals surface area contributed by atoms with E-state index < -0.39 is 51.6 Å². The summed E-state index contributed by atoms with van der Waals surface area (Å²) in [6.07, 6.45) is 2.39. The van der Waals surface area contributed by atoms with Gasteiger partial charge in [-0.2, -0.15) is 0 Å². The maximum atomic E-state index is 13.8. The van der Waals surface area contributed by atoms with Crippen LogP contribution in [0, 0.1) is 10.7 Å². The smallest absolute Gasteiger partial charge is 0.245 e. The second kappa shape index (κ2) is 18.5. The van der Waals surface area contributed by atoms with Gasteiger partial charge < -0.3 is 32.3 Å². The zero-order valence-electron chi connectivity index (χ0n) is 27.5. The lowest BCUT2D eigenvalue weighted by molar-refractivity contribution is -0.138. The second-order valence-corrected chi connectivity index (χ2v) is 15.1. The average Bonchev–Trinajstić information content (AvgIpc) is 3.04. The van der Waals surface area contributed by atoms with Crippen LogP contribution in [0.4, 0.5) is 0 Å². The van der Waals surface area contributed by atoms with Crippen molar-refractivity contribution in [1.82, 2.24) is 20.9 Å². The van der Waals surface area contributed by atoms with E-state index in [1.165, 1.54) is 0 Å². The van der Waals surface area contributed by atoms with E-state index in [9.17, 15) is 23.4 Å². The first kappa shape index (κ1) is 37.6. The SMILES string of the molecule is CC(C)C[C@@H](NC(=O)[C@@H](Cc1ccccc1)NC(=O)[C@H](N)Cc1ccccc1)C(=O)N[C@H](CCCCN)C(=O)N1CCS(=N)(=O)CC1. The van der Waals surface area contributed by atoms with Crippen LogP contribution < -0.4 is 27.4 Å². The van der Waals surface area contributed by atoms with Crippen molar-refractivity contribution in [2.45, 2.75) is 76.5 Å². The molecule has 13 heteroatoms. The summed E-state index contributed by atoms with van der Waals surface area (Å²) in [5.74, 6) is -1.63. The third kappa shape index (κ3) is 12.7. The molecule has 3 rings (SSSR count). The molecule has 8 N–H and O–H groups in total. The molecule has 4 atom stereocenters. The van der Waals surface area contributed by atoms with Gasteiger partial charge in [-0.25, -0.2) is 4.21 Å². The van der Waals surface area contributed by atoms with Gasteiger partial charge in [0.1, 0.15) is 18.1 Å². The Morgan fingerprint density at radius 2 is 1.30 bits per heavy atom. The van der Waals surface area contributed by atoms with Gasteiger partial charge in [-0.3, -0.25) is 24.0 Å². The minimum atomic E-state index is -2.70. The van der Waals surface area contributed by atoms with E-state index in [1.54, 1.807) is 4.90 Å². The van der Waals surface area contributed by atoms with Crippen LogP contribution in [0.2, 0.25) is 0 Å². The first-order chi connectivity index (χ1) is 22.4. The van der Waals surface area contributed by atoms with Crippen LogP contribution in [0.25, 0.3) is 0 Å². The van der Waals surface area contributed by atoms with Crippen LogP contribution in [0.3, 0.4) is 0 Å². The van der Waals surface area contributed by atoms with Gasteiger partial charge in [-0.1, -0.05) is 74.5 Å². The maximum Gasteiger partial charge on any atom is 0.245 e. The monoisotopic (exact) mass is 669 g/mol. The van der Waals surface area contributed by atoms with Crippen LogP contribution >= 0.6 is 0 Å². The molecule has 0 aromatic heterocycles. The Labute approximate surface area is 278 Å². The number of hydrogen-bond donors (Lipinski definition) is 6. The lowest BCUT2D eigenvalue weighted by Crippen LogP contribution is -2.59.